The summed E-state index contributed by atoms with van der Waals surface area (Å²) in [5, 5.41) is 6.01. The van der Waals surface area contributed by atoms with Crippen LogP contribution in [0, 0.1) is 0 Å². The molecule has 0 unspecified atom stereocenters. The maximum atomic E-state index is 4.96. The molecule has 0 fully saturated rings. The summed E-state index contributed by atoms with van der Waals surface area (Å²) in [5.41, 5.74) is 0. The van der Waals surface area contributed by atoms with Crippen LogP contribution in [0.4, 0.5) is 5.95 Å². The van der Waals surface area contributed by atoms with Crippen molar-refractivity contribution in [2.75, 3.05) is 12.4 Å². The van der Waals surface area contributed by atoms with E-state index in [1.165, 1.54) is 0 Å². The maximum absolute atomic E-state index is 4.96. The fourth-order valence-electron chi connectivity index (χ4n) is 1.01. The number of hydrogen-bond acceptors (Lipinski definition) is 6. The average molecular weight is 222 g/mol. The quantitative estimate of drug-likeness (QED) is 0.850. The Balaban J connectivity index is 1.93. The van der Waals surface area contributed by atoms with Crippen LogP contribution < -0.4 is 10.1 Å². The zero-order valence-corrected chi connectivity index (χ0v) is 8.99. The predicted octanol–water partition coefficient (Wildman–Crippen LogP) is 1.55. The second-order valence-corrected chi connectivity index (χ2v) is 3.71. The van der Waals surface area contributed by atoms with Gasteiger partial charge in [-0.1, -0.05) is 0 Å². The summed E-state index contributed by atoms with van der Waals surface area (Å²) in [6.07, 6.45) is 5.02. The highest BCUT2D eigenvalue weighted by atomic mass is 32.1. The van der Waals surface area contributed by atoms with Gasteiger partial charge < -0.3 is 10.1 Å². The molecule has 0 atom stereocenters. The molecule has 0 amide bonds. The summed E-state index contributed by atoms with van der Waals surface area (Å²) in [5.74, 6) is 1.22. The number of hydrogen-bond donors (Lipinski definition) is 1. The third-order valence-electron chi connectivity index (χ3n) is 1.75. The van der Waals surface area contributed by atoms with E-state index in [0.717, 1.165) is 5.01 Å². The van der Waals surface area contributed by atoms with Crippen molar-refractivity contribution < 1.29 is 4.74 Å². The van der Waals surface area contributed by atoms with Crippen LogP contribution in [-0.2, 0) is 6.54 Å². The van der Waals surface area contributed by atoms with Crippen molar-refractivity contribution in [2.24, 2.45) is 0 Å². The normalized spacial score (nSPS) is 9.93. The Labute approximate surface area is 91.2 Å². The van der Waals surface area contributed by atoms with E-state index in [4.69, 9.17) is 4.74 Å². The molecule has 2 rings (SSSR count). The van der Waals surface area contributed by atoms with E-state index in [0.29, 0.717) is 18.2 Å². The minimum absolute atomic E-state index is 0.575. The Hall–Kier alpha value is -1.69. The van der Waals surface area contributed by atoms with Gasteiger partial charge in [0.25, 0.3) is 0 Å². The summed E-state index contributed by atoms with van der Waals surface area (Å²) in [6.45, 7) is 0.643. The molecule has 0 aliphatic heterocycles. The molecule has 0 saturated carbocycles. The molecule has 0 spiro atoms. The Morgan fingerprint density at radius 2 is 2.13 bits per heavy atom. The van der Waals surface area contributed by atoms with Crippen molar-refractivity contribution in [1.82, 2.24) is 15.0 Å². The molecular formula is C9H10N4OS. The number of thiazole rings is 1. The number of aromatic nitrogens is 3. The van der Waals surface area contributed by atoms with Crippen LogP contribution in [0.3, 0.4) is 0 Å². The topological polar surface area (TPSA) is 59.9 Å². The Morgan fingerprint density at radius 1 is 1.33 bits per heavy atom. The Morgan fingerprint density at radius 3 is 2.73 bits per heavy atom. The van der Waals surface area contributed by atoms with Crippen LogP contribution in [0.2, 0.25) is 0 Å². The van der Waals surface area contributed by atoms with E-state index in [9.17, 15) is 0 Å². The zero-order valence-electron chi connectivity index (χ0n) is 8.17. The lowest BCUT2D eigenvalue weighted by atomic mass is 10.6. The number of methoxy groups -OCH3 is 1. The van der Waals surface area contributed by atoms with Gasteiger partial charge in [0, 0.05) is 11.6 Å². The first-order chi connectivity index (χ1) is 7.38. The molecular weight excluding hydrogens is 212 g/mol. The smallest absolute Gasteiger partial charge is 0.223 e. The fraction of sp³-hybridized carbons (Fsp3) is 0.222. The molecule has 78 valence electrons. The van der Waals surface area contributed by atoms with Crippen molar-refractivity contribution >= 4 is 17.3 Å². The molecule has 1 N–H and O–H groups in total. The molecule has 15 heavy (non-hydrogen) atoms. The van der Waals surface area contributed by atoms with Gasteiger partial charge in [-0.15, -0.1) is 11.3 Å². The van der Waals surface area contributed by atoms with Gasteiger partial charge in [-0.05, 0) is 0 Å². The average Bonchev–Trinajstić information content (AvgIpc) is 2.80. The number of ether oxygens (including phenoxy) is 1. The van der Waals surface area contributed by atoms with Gasteiger partial charge in [-0.25, -0.2) is 15.0 Å². The van der Waals surface area contributed by atoms with E-state index in [1.807, 2.05) is 5.38 Å². The molecule has 6 heteroatoms. The standard InChI is InChI=1S/C9H10N4OS/c1-14-7-4-11-9(12-5-7)13-6-8-10-2-3-15-8/h2-5H,6H2,1H3,(H,11,12,13). The number of anilines is 1. The molecule has 5 nitrogen and oxygen atoms in total. The highest BCUT2D eigenvalue weighted by Gasteiger charge is 1.98. The van der Waals surface area contributed by atoms with Crippen LogP contribution in [0.25, 0.3) is 0 Å². The summed E-state index contributed by atoms with van der Waals surface area (Å²) in [4.78, 5) is 12.3. The van der Waals surface area contributed by atoms with Crippen molar-refractivity contribution in [1.29, 1.82) is 0 Å². The zero-order chi connectivity index (χ0) is 10.5. The van der Waals surface area contributed by atoms with Crippen molar-refractivity contribution in [2.45, 2.75) is 6.54 Å². The number of rotatable bonds is 4. The molecule has 0 radical (unpaired) electrons. The van der Waals surface area contributed by atoms with Gasteiger partial charge in [0.2, 0.25) is 5.95 Å². The third-order valence-corrected chi connectivity index (χ3v) is 2.52. The van der Waals surface area contributed by atoms with Gasteiger partial charge >= 0.3 is 0 Å². The summed E-state index contributed by atoms with van der Waals surface area (Å²) < 4.78 is 4.96. The van der Waals surface area contributed by atoms with Crippen molar-refractivity contribution in [3.8, 4) is 5.75 Å². The van der Waals surface area contributed by atoms with Crippen LogP contribution in [0.1, 0.15) is 5.01 Å². The Kier molecular flexibility index (Phi) is 3.08. The van der Waals surface area contributed by atoms with E-state index in [2.05, 4.69) is 20.3 Å². The molecule has 0 aliphatic rings. The largest absolute Gasteiger partial charge is 0.494 e. The van der Waals surface area contributed by atoms with Gasteiger partial charge in [0.1, 0.15) is 5.01 Å². The second kappa shape index (κ2) is 4.70. The van der Waals surface area contributed by atoms with Gasteiger partial charge in [0.15, 0.2) is 5.75 Å². The minimum Gasteiger partial charge on any atom is -0.494 e. The number of nitrogens with zero attached hydrogens (tertiary/aromatic N) is 3. The third kappa shape index (κ3) is 2.63. The van der Waals surface area contributed by atoms with E-state index in [1.54, 1.807) is 37.0 Å². The summed E-state index contributed by atoms with van der Waals surface area (Å²) in [6, 6.07) is 0. The monoisotopic (exact) mass is 222 g/mol. The number of nitrogens with one attached hydrogen (secondary N) is 1. The van der Waals surface area contributed by atoms with E-state index >= 15 is 0 Å². The van der Waals surface area contributed by atoms with Gasteiger partial charge in [0.05, 0.1) is 26.0 Å². The predicted molar refractivity (Wildman–Crippen MR) is 58.0 cm³/mol. The molecule has 0 aliphatic carbocycles. The second-order valence-electron chi connectivity index (χ2n) is 2.73. The molecule has 2 heterocycles. The van der Waals surface area contributed by atoms with Crippen LogP contribution in [0.5, 0.6) is 5.75 Å². The highest BCUT2D eigenvalue weighted by molar-refractivity contribution is 7.09. The minimum atomic E-state index is 0.575. The highest BCUT2D eigenvalue weighted by Crippen LogP contribution is 2.09. The first kappa shape index (κ1) is 9.85. The van der Waals surface area contributed by atoms with Crippen molar-refractivity contribution in [3.05, 3.63) is 29.0 Å². The summed E-state index contributed by atoms with van der Waals surface area (Å²) in [7, 11) is 1.58. The summed E-state index contributed by atoms with van der Waals surface area (Å²) >= 11 is 1.60. The molecule has 0 saturated heterocycles. The molecule has 2 aromatic rings. The van der Waals surface area contributed by atoms with Crippen LogP contribution >= 0.6 is 11.3 Å². The van der Waals surface area contributed by atoms with Gasteiger partial charge in [-0.3, -0.25) is 0 Å². The lowest BCUT2D eigenvalue weighted by molar-refractivity contribution is 0.411. The Bertz CT molecular complexity index is 401. The molecule has 0 bridgehead atoms. The van der Waals surface area contributed by atoms with Crippen molar-refractivity contribution in [3.63, 3.8) is 0 Å². The maximum Gasteiger partial charge on any atom is 0.223 e. The lowest BCUT2D eigenvalue weighted by Gasteiger charge is -2.02. The van der Waals surface area contributed by atoms with Crippen LogP contribution in [0.15, 0.2) is 24.0 Å². The molecule has 0 aromatic carbocycles. The lowest BCUT2D eigenvalue weighted by Crippen LogP contribution is -2.02. The van der Waals surface area contributed by atoms with E-state index in [-0.39, 0.29) is 0 Å². The SMILES string of the molecule is COc1cnc(NCc2nccs2)nc1. The first-order valence-electron chi connectivity index (χ1n) is 4.37. The van der Waals surface area contributed by atoms with Crippen LogP contribution in [-0.4, -0.2) is 22.1 Å². The first-order valence-corrected chi connectivity index (χ1v) is 5.25. The molecule has 2 aromatic heterocycles. The van der Waals surface area contributed by atoms with Gasteiger partial charge in [-0.2, -0.15) is 0 Å². The van der Waals surface area contributed by atoms with E-state index < -0.39 is 0 Å². The fourth-order valence-corrected chi connectivity index (χ4v) is 1.56.